The predicted molar refractivity (Wildman–Crippen MR) is 63.9 cm³/mol. The molecular formula is C12H10ClF3N2O. The van der Waals surface area contributed by atoms with Crippen molar-refractivity contribution in [1.82, 2.24) is 10.3 Å². The van der Waals surface area contributed by atoms with E-state index in [-0.39, 0.29) is 10.8 Å². The van der Waals surface area contributed by atoms with Crippen molar-refractivity contribution in [3.05, 3.63) is 52.7 Å². The van der Waals surface area contributed by atoms with Crippen molar-refractivity contribution in [3.63, 3.8) is 0 Å². The van der Waals surface area contributed by atoms with Crippen molar-refractivity contribution in [1.29, 1.82) is 0 Å². The topological polar surface area (TPSA) is 38.1 Å². The number of pyridine rings is 1. The maximum absolute atomic E-state index is 13.0. The van der Waals surface area contributed by atoms with Crippen LogP contribution in [0.25, 0.3) is 0 Å². The highest BCUT2D eigenvalue weighted by Gasteiger charge is 2.36. The average molecular weight is 291 g/mol. The Kier molecular flexibility index (Phi) is 3.82. The summed E-state index contributed by atoms with van der Waals surface area (Å²) in [5.41, 5.74) is -0.317. The van der Waals surface area contributed by atoms with Crippen molar-refractivity contribution in [2.45, 2.75) is 12.2 Å². The summed E-state index contributed by atoms with van der Waals surface area (Å²) >= 11 is 5.82. The first-order valence-electron chi connectivity index (χ1n) is 5.36. The molecule has 0 bridgehead atoms. The van der Waals surface area contributed by atoms with E-state index in [1.165, 1.54) is 18.5 Å². The summed E-state index contributed by atoms with van der Waals surface area (Å²) in [7, 11) is 1.54. The Morgan fingerprint density at radius 1 is 1.32 bits per heavy atom. The molecule has 2 aromatic heterocycles. The van der Waals surface area contributed by atoms with Crippen LogP contribution in [0.2, 0.25) is 5.22 Å². The number of nitrogens with zero attached hydrogens (tertiary/aromatic N) is 1. The summed E-state index contributed by atoms with van der Waals surface area (Å²) in [5.74, 6) is 0. The first-order valence-corrected chi connectivity index (χ1v) is 5.74. The van der Waals surface area contributed by atoms with Crippen molar-refractivity contribution in [2.75, 3.05) is 7.05 Å². The van der Waals surface area contributed by atoms with Crippen molar-refractivity contribution in [2.24, 2.45) is 0 Å². The van der Waals surface area contributed by atoms with E-state index in [4.69, 9.17) is 16.0 Å². The molecule has 0 amide bonds. The van der Waals surface area contributed by atoms with E-state index in [2.05, 4.69) is 10.3 Å². The van der Waals surface area contributed by atoms with Gasteiger partial charge in [-0.3, -0.25) is 4.98 Å². The Bertz CT molecular complexity index is 568. The number of aromatic nitrogens is 1. The minimum atomic E-state index is -4.45. The van der Waals surface area contributed by atoms with Gasteiger partial charge in [-0.05, 0) is 30.8 Å². The first kappa shape index (κ1) is 13.9. The number of hydrogen-bond acceptors (Lipinski definition) is 3. The molecule has 2 rings (SSSR count). The van der Waals surface area contributed by atoms with Crippen molar-refractivity contribution < 1.29 is 17.6 Å². The Morgan fingerprint density at radius 2 is 2.05 bits per heavy atom. The molecule has 19 heavy (non-hydrogen) atoms. The van der Waals surface area contributed by atoms with Crippen LogP contribution in [0.15, 0.2) is 35.2 Å². The maximum atomic E-state index is 13.0. The van der Waals surface area contributed by atoms with Gasteiger partial charge in [-0.2, -0.15) is 13.2 Å². The highest BCUT2D eigenvalue weighted by Crippen LogP contribution is 2.37. The fourth-order valence-corrected chi connectivity index (χ4v) is 2.11. The predicted octanol–water partition coefficient (Wildman–Crippen LogP) is 3.66. The molecule has 1 N–H and O–H groups in total. The number of alkyl halides is 3. The van der Waals surface area contributed by atoms with Gasteiger partial charge in [0.2, 0.25) is 0 Å². The molecule has 1 unspecified atom stereocenters. The zero-order valence-electron chi connectivity index (χ0n) is 9.83. The summed E-state index contributed by atoms with van der Waals surface area (Å²) in [5, 5.41) is 2.84. The van der Waals surface area contributed by atoms with Crippen LogP contribution in [0, 0.1) is 0 Å². The second kappa shape index (κ2) is 5.22. The second-order valence-corrected chi connectivity index (χ2v) is 4.18. The first-order chi connectivity index (χ1) is 8.95. The van der Waals surface area contributed by atoms with Crippen LogP contribution < -0.4 is 5.32 Å². The van der Waals surface area contributed by atoms with Gasteiger partial charge in [0.25, 0.3) is 0 Å². The zero-order chi connectivity index (χ0) is 14.0. The van der Waals surface area contributed by atoms with E-state index < -0.39 is 17.8 Å². The molecule has 2 heterocycles. The molecule has 0 saturated carbocycles. The molecule has 0 aromatic carbocycles. The summed E-state index contributed by atoms with van der Waals surface area (Å²) in [4.78, 5) is 3.75. The molecule has 1 atom stereocenters. The molecule has 7 heteroatoms. The quantitative estimate of drug-likeness (QED) is 0.937. The molecule has 0 aliphatic carbocycles. The van der Waals surface area contributed by atoms with Crippen LogP contribution in [0.3, 0.4) is 0 Å². The normalized spacial score (nSPS) is 13.5. The highest BCUT2D eigenvalue weighted by molar-refractivity contribution is 6.29. The standard InChI is InChI=1S/C12H10ClF3N2O/c1-17-10(7-3-5-19-11(7)13)8-6-18-4-2-9(8)12(14,15)16/h2-6,10,17H,1H3. The lowest BCUT2D eigenvalue weighted by Gasteiger charge is -2.20. The van der Waals surface area contributed by atoms with Gasteiger partial charge in [0.05, 0.1) is 17.9 Å². The number of halogens is 4. The molecule has 0 aliphatic rings. The van der Waals surface area contributed by atoms with E-state index in [9.17, 15) is 13.2 Å². The maximum Gasteiger partial charge on any atom is 0.416 e. The summed E-state index contributed by atoms with van der Waals surface area (Å²) < 4.78 is 43.8. The van der Waals surface area contributed by atoms with Crippen LogP contribution in [0.5, 0.6) is 0 Å². The van der Waals surface area contributed by atoms with E-state index >= 15 is 0 Å². The average Bonchev–Trinajstić information content (AvgIpc) is 2.76. The van der Waals surface area contributed by atoms with Gasteiger partial charge in [0.1, 0.15) is 0 Å². The Morgan fingerprint density at radius 3 is 2.58 bits per heavy atom. The van der Waals surface area contributed by atoms with Gasteiger partial charge in [-0.1, -0.05) is 0 Å². The van der Waals surface area contributed by atoms with Crippen LogP contribution in [0.4, 0.5) is 13.2 Å². The third kappa shape index (κ3) is 2.74. The third-order valence-corrected chi connectivity index (χ3v) is 3.02. The Hall–Kier alpha value is -1.53. The number of nitrogens with one attached hydrogen (secondary N) is 1. The highest BCUT2D eigenvalue weighted by atomic mass is 35.5. The lowest BCUT2D eigenvalue weighted by molar-refractivity contribution is -0.138. The fourth-order valence-electron chi connectivity index (χ4n) is 1.88. The minimum absolute atomic E-state index is 0.000741. The summed E-state index contributed by atoms with van der Waals surface area (Å²) in [6.07, 6.45) is -0.849. The SMILES string of the molecule is CNC(c1cnccc1C(F)(F)F)c1ccoc1Cl. The third-order valence-electron chi connectivity index (χ3n) is 2.71. The van der Waals surface area contributed by atoms with E-state index in [0.29, 0.717) is 5.56 Å². The number of furan rings is 1. The van der Waals surface area contributed by atoms with Gasteiger partial charge in [0.15, 0.2) is 5.22 Å². The number of rotatable bonds is 3. The van der Waals surface area contributed by atoms with Gasteiger partial charge in [0, 0.05) is 23.5 Å². The summed E-state index contributed by atoms with van der Waals surface area (Å²) in [6.45, 7) is 0. The monoisotopic (exact) mass is 290 g/mol. The van der Waals surface area contributed by atoms with Crippen LogP contribution in [0.1, 0.15) is 22.7 Å². The van der Waals surface area contributed by atoms with Gasteiger partial charge in [-0.15, -0.1) is 0 Å². The molecule has 0 aliphatic heterocycles. The van der Waals surface area contributed by atoms with Crippen molar-refractivity contribution >= 4 is 11.6 Å². The molecular weight excluding hydrogens is 281 g/mol. The van der Waals surface area contributed by atoms with Gasteiger partial charge >= 0.3 is 6.18 Å². The van der Waals surface area contributed by atoms with E-state index in [0.717, 1.165) is 12.3 Å². The minimum Gasteiger partial charge on any atom is -0.453 e. The Labute approximate surface area is 112 Å². The van der Waals surface area contributed by atoms with Crippen LogP contribution in [-0.4, -0.2) is 12.0 Å². The molecule has 0 spiro atoms. The molecule has 3 nitrogen and oxygen atoms in total. The largest absolute Gasteiger partial charge is 0.453 e. The molecule has 0 saturated heterocycles. The van der Waals surface area contributed by atoms with E-state index in [1.807, 2.05) is 0 Å². The number of hydrogen-bond donors (Lipinski definition) is 1. The van der Waals surface area contributed by atoms with Crippen LogP contribution in [-0.2, 0) is 6.18 Å². The smallest absolute Gasteiger partial charge is 0.416 e. The molecule has 0 radical (unpaired) electrons. The second-order valence-electron chi connectivity index (χ2n) is 3.83. The van der Waals surface area contributed by atoms with E-state index in [1.54, 1.807) is 7.05 Å². The fraction of sp³-hybridized carbons (Fsp3) is 0.250. The lowest BCUT2D eigenvalue weighted by atomic mass is 9.98. The Balaban J connectivity index is 2.54. The lowest BCUT2D eigenvalue weighted by Crippen LogP contribution is -2.22. The summed E-state index contributed by atoms with van der Waals surface area (Å²) in [6, 6.07) is 1.72. The van der Waals surface area contributed by atoms with Crippen LogP contribution >= 0.6 is 11.6 Å². The molecule has 0 fully saturated rings. The molecule has 2 aromatic rings. The van der Waals surface area contributed by atoms with Crippen molar-refractivity contribution in [3.8, 4) is 0 Å². The zero-order valence-corrected chi connectivity index (χ0v) is 10.6. The van der Waals surface area contributed by atoms with Gasteiger partial charge in [-0.25, -0.2) is 0 Å². The molecule has 102 valence electrons. The van der Waals surface area contributed by atoms with Gasteiger partial charge < -0.3 is 9.73 Å².